The monoisotopic (exact) mass is 313 g/mol. The van der Waals surface area contributed by atoms with E-state index in [1.54, 1.807) is 18.2 Å². The number of hydrogen-bond donors (Lipinski definition) is 1. The van der Waals surface area contributed by atoms with Crippen LogP contribution in [0.5, 0.6) is 11.5 Å². The number of rotatable bonds is 2. The quantitative estimate of drug-likeness (QED) is 0.833. The van der Waals surface area contributed by atoms with Gasteiger partial charge in [-0.05, 0) is 30.7 Å². The van der Waals surface area contributed by atoms with Crippen LogP contribution in [0.1, 0.15) is 5.56 Å². The van der Waals surface area contributed by atoms with Gasteiger partial charge in [-0.15, -0.1) is 0 Å². The van der Waals surface area contributed by atoms with Gasteiger partial charge in [-0.2, -0.15) is 0 Å². The third-order valence-electron chi connectivity index (χ3n) is 2.41. The van der Waals surface area contributed by atoms with E-state index in [1.165, 1.54) is 0 Å². The number of nitrogen functional groups attached to an aromatic ring is 1. The van der Waals surface area contributed by atoms with E-state index in [0.29, 0.717) is 5.75 Å². The Morgan fingerprint density at radius 2 is 1.89 bits per heavy atom. The molecule has 2 rings (SSSR count). The second-order valence-electron chi connectivity index (χ2n) is 3.81. The SMILES string of the molecule is Cc1cc(Oc2cc(F)cc(F)c2N)ccc1Br. The topological polar surface area (TPSA) is 35.2 Å². The Labute approximate surface area is 112 Å². The number of halogens is 3. The molecule has 2 N–H and O–H groups in total. The van der Waals surface area contributed by atoms with E-state index in [-0.39, 0.29) is 11.4 Å². The zero-order chi connectivity index (χ0) is 13.3. The standard InChI is InChI=1S/C13H10BrF2NO/c1-7-4-9(2-3-10(7)14)18-12-6-8(15)5-11(16)13(12)17/h2-6H,17H2,1H3. The van der Waals surface area contributed by atoms with Gasteiger partial charge in [0, 0.05) is 16.6 Å². The van der Waals surface area contributed by atoms with Crippen LogP contribution in [0.4, 0.5) is 14.5 Å². The normalized spacial score (nSPS) is 10.4. The van der Waals surface area contributed by atoms with Crippen molar-refractivity contribution in [2.45, 2.75) is 6.92 Å². The molecule has 0 amide bonds. The predicted octanol–water partition coefficient (Wildman–Crippen LogP) is 4.41. The summed E-state index contributed by atoms with van der Waals surface area (Å²) in [4.78, 5) is 0. The molecule has 0 saturated heterocycles. The summed E-state index contributed by atoms with van der Waals surface area (Å²) in [5.41, 5.74) is 6.23. The molecule has 0 aliphatic rings. The summed E-state index contributed by atoms with van der Waals surface area (Å²) >= 11 is 3.35. The highest BCUT2D eigenvalue weighted by molar-refractivity contribution is 9.10. The molecule has 0 bridgehead atoms. The molecule has 2 nitrogen and oxygen atoms in total. The lowest BCUT2D eigenvalue weighted by Gasteiger charge is -2.10. The summed E-state index contributed by atoms with van der Waals surface area (Å²) in [7, 11) is 0. The van der Waals surface area contributed by atoms with Crippen molar-refractivity contribution in [1.82, 2.24) is 0 Å². The molecule has 2 aromatic carbocycles. The van der Waals surface area contributed by atoms with Crippen molar-refractivity contribution in [1.29, 1.82) is 0 Å². The molecule has 0 aromatic heterocycles. The average Bonchev–Trinajstić information content (AvgIpc) is 2.30. The lowest BCUT2D eigenvalue weighted by atomic mass is 10.2. The first-order valence-electron chi connectivity index (χ1n) is 5.16. The van der Waals surface area contributed by atoms with Gasteiger partial charge in [0.1, 0.15) is 17.3 Å². The van der Waals surface area contributed by atoms with Gasteiger partial charge in [0.2, 0.25) is 0 Å². The maximum absolute atomic E-state index is 13.2. The number of ether oxygens (including phenoxy) is 1. The second-order valence-corrected chi connectivity index (χ2v) is 4.67. The molecule has 0 unspecified atom stereocenters. The number of hydrogen-bond acceptors (Lipinski definition) is 2. The number of aryl methyl sites for hydroxylation is 1. The fourth-order valence-corrected chi connectivity index (χ4v) is 1.70. The van der Waals surface area contributed by atoms with E-state index in [2.05, 4.69) is 15.9 Å². The van der Waals surface area contributed by atoms with Crippen molar-refractivity contribution in [2.24, 2.45) is 0 Å². The highest BCUT2D eigenvalue weighted by Gasteiger charge is 2.10. The van der Waals surface area contributed by atoms with Gasteiger partial charge in [-0.25, -0.2) is 8.78 Å². The lowest BCUT2D eigenvalue weighted by molar-refractivity contribution is 0.471. The van der Waals surface area contributed by atoms with Crippen LogP contribution in [0.25, 0.3) is 0 Å². The van der Waals surface area contributed by atoms with Crippen molar-refractivity contribution < 1.29 is 13.5 Å². The predicted molar refractivity (Wildman–Crippen MR) is 69.7 cm³/mol. The Morgan fingerprint density at radius 1 is 1.17 bits per heavy atom. The maximum Gasteiger partial charge on any atom is 0.156 e. The molecule has 5 heteroatoms. The fourth-order valence-electron chi connectivity index (χ4n) is 1.45. The summed E-state index contributed by atoms with van der Waals surface area (Å²) in [5.74, 6) is -1.13. The van der Waals surface area contributed by atoms with Crippen LogP contribution in [0, 0.1) is 18.6 Å². The second kappa shape index (κ2) is 4.94. The Balaban J connectivity index is 2.36. The van der Waals surface area contributed by atoms with E-state index >= 15 is 0 Å². The summed E-state index contributed by atoms with van der Waals surface area (Å²) in [6.45, 7) is 1.88. The molecule has 0 spiro atoms. The minimum atomic E-state index is -0.834. The van der Waals surface area contributed by atoms with Crippen molar-refractivity contribution in [2.75, 3.05) is 5.73 Å². The number of nitrogens with two attached hydrogens (primary N) is 1. The Bertz CT molecular complexity index is 602. The fraction of sp³-hybridized carbons (Fsp3) is 0.0769. The first-order chi connectivity index (χ1) is 8.47. The van der Waals surface area contributed by atoms with Gasteiger partial charge in [0.15, 0.2) is 11.6 Å². The minimum absolute atomic E-state index is 0.0331. The first-order valence-corrected chi connectivity index (χ1v) is 5.95. The van der Waals surface area contributed by atoms with E-state index in [0.717, 1.165) is 22.2 Å². The lowest BCUT2D eigenvalue weighted by Crippen LogP contribution is -1.97. The van der Waals surface area contributed by atoms with Crippen molar-refractivity contribution in [3.05, 3.63) is 52.0 Å². The third-order valence-corrected chi connectivity index (χ3v) is 3.30. The molecule has 0 heterocycles. The largest absolute Gasteiger partial charge is 0.455 e. The molecule has 18 heavy (non-hydrogen) atoms. The van der Waals surface area contributed by atoms with Gasteiger partial charge in [-0.1, -0.05) is 15.9 Å². The van der Waals surface area contributed by atoms with Crippen LogP contribution >= 0.6 is 15.9 Å². The highest BCUT2D eigenvalue weighted by atomic mass is 79.9. The van der Waals surface area contributed by atoms with Gasteiger partial charge >= 0.3 is 0 Å². The van der Waals surface area contributed by atoms with Gasteiger partial charge in [0.05, 0.1) is 0 Å². The van der Waals surface area contributed by atoms with Crippen molar-refractivity contribution in [3.63, 3.8) is 0 Å². The van der Waals surface area contributed by atoms with Crippen LogP contribution in [0.15, 0.2) is 34.8 Å². The zero-order valence-electron chi connectivity index (χ0n) is 9.51. The van der Waals surface area contributed by atoms with Crippen molar-refractivity contribution in [3.8, 4) is 11.5 Å². The summed E-state index contributed by atoms with van der Waals surface area (Å²) in [5, 5.41) is 0. The Hall–Kier alpha value is -1.62. The van der Waals surface area contributed by atoms with Crippen LogP contribution in [0.2, 0.25) is 0 Å². The Morgan fingerprint density at radius 3 is 2.56 bits per heavy atom. The van der Waals surface area contributed by atoms with E-state index in [9.17, 15) is 8.78 Å². The van der Waals surface area contributed by atoms with Crippen LogP contribution < -0.4 is 10.5 Å². The zero-order valence-corrected chi connectivity index (χ0v) is 11.1. The number of benzene rings is 2. The molecule has 0 atom stereocenters. The maximum atomic E-state index is 13.2. The van der Waals surface area contributed by atoms with Gasteiger partial charge < -0.3 is 10.5 Å². The van der Waals surface area contributed by atoms with Gasteiger partial charge in [0.25, 0.3) is 0 Å². The molecule has 0 fully saturated rings. The van der Waals surface area contributed by atoms with E-state index in [4.69, 9.17) is 10.5 Å². The van der Waals surface area contributed by atoms with Crippen LogP contribution in [-0.2, 0) is 0 Å². The minimum Gasteiger partial charge on any atom is -0.455 e. The summed E-state index contributed by atoms with van der Waals surface area (Å²) < 4.78 is 32.6. The van der Waals surface area contributed by atoms with E-state index in [1.807, 2.05) is 6.92 Å². The molecule has 0 saturated carbocycles. The molecule has 0 aliphatic carbocycles. The Kier molecular flexibility index (Phi) is 3.52. The van der Waals surface area contributed by atoms with E-state index < -0.39 is 11.6 Å². The van der Waals surface area contributed by atoms with Crippen molar-refractivity contribution >= 4 is 21.6 Å². The molecule has 0 radical (unpaired) electrons. The highest BCUT2D eigenvalue weighted by Crippen LogP contribution is 2.32. The number of anilines is 1. The first kappa shape index (κ1) is 12.8. The third kappa shape index (κ3) is 2.61. The molecular weight excluding hydrogens is 304 g/mol. The summed E-state index contributed by atoms with van der Waals surface area (Å²) in [6.07, 6.45) is 0. The van der Waals surface area contributed by atoms with Gasteiger partial charge in [-0.3, -0.25) is 0 Å². The molecule has 94 valence electrons. The molecule has 2 aromatic rings. The molecule has 0 aliphatic heterocycles. The average molecular weight is 314 g/mol. The smallest absolute Gasteiger partial charge is 0.156 e. The van der Waals surface area contributed by atoms with Crippen LogP contribution in [-0.4, -0.2) is 0 Å². The molecular formula is C13H10BrF2NO. The summed E-state index contributed by atoms with van der Waals surface area (Å²) in [6, 6.07) is 6.98. The van der Waals surface area contributed by atoms with Crippen LogP contribution in [0.3, 0.4) is 0 Å².